The van der Waals surface area contributed by atoms with Gasteiger partial charge in [-0.3, -0.25) is 4.90 Å². The van der Waals surface area contributed by atoms with Crippen LogP contribution in [-0.2, 0) is 13.1 Å². The van der Waals surface area contributed by atoms with Crippen molar-refractivity contribution >= 4 is 0 Å². The molecular weight excluding hydrogens is 251 g/mol. The third-order valence-electron chi connectivity index (χ3n) is 3.25. The van der Waals surface area contributed by atoms with E-state index in [4.69, 9.17) is 5.73 Å². The molecule has 0 saturated carbocycles. The summed E-state index contributed by atoms with van der Waals surface area (Å²) >= 11 is 0. The van der Waals surface area contributed by atoms with E-state index in [1.54, 1.807) is 0 Å². The number of rotatable bonds is 7. The largest absolute Gasteiger partial charge is 0.330 e. The molecular formula is C17H21FN2. The highest BCUT2D eigenvalue weighted by Gasteiger charge is 2.07. The molecule has 3 heteroatoms. The Labute approximate surface area is 120 Å². The van der Waals surface area contributed by atoms with Crippen LogP contribution in [0.4, 0.5) is 4.39 Å². The third-order valence-corrected chi connectivity index (χ3v) is 3.25. The molecule has 2 nitrogen and oxygen atoms in total. The van der Waals surface area contributed by atoms with E-state index in [0.29, 0.717) is 6.54 Å². The van der Waals surface area contributed by atoms with E-state index in [-0.39, 0.29) is 5.82 Å². The quantitative estimate of drug-likeness (QED) is 0.839. The number of benzene rings is 2. The second kappa shape index (κ2) is 7.78. The Morgan fingerprint density at radius 3 is 2.05 bits per heavy atom. The number of halogens is 1. The predicted octanol–water partition coefficient (Wildman–Crippen LogP) is 3.18. The first-order chi connectivity index (χ1) is 9.78. The van der Waals surface area contributed by atoms with Crippen molar-refractivity contribution in [2.45, 2.75) is 19.5 Å². The lowest BCUT2D eigenvalue weighted by atomic mass is 10.1. The van der Waals surface area contributed by atoms with Crippen molar-refractivity contribution in [1.82, 2.24) is 4.90 Å². The second-order valence-electron chi connectivity index (χ2n) is 4.96. The SMILES string of the molecule is NCCCN(Cc1ccccc1)Cc1ccc(F)cc1. The molecule has 0 aromatic heterocycles. The first-order valence-electron chi connectivity index (χ1n) is 6.99. The van der Waals surface area contributed by atoms with E-state index >= 15 is 0 Å². The highest BCUT2D eigenvalue weighted by Crippen LogP contribution is 2.11. The second-order valence-corrected chi connectivity index (χ2v) is 4.96. The molecule has 2 N–H and O–H groups in total. The molecule has 0 bridgehead atoms. The van der Waals surface area contributed by atoms with Gasteiger partial charge in [-0.15, -0.1) is 0 Å². The first-order valence-corrected chi connectivity index (χ1v) is 6.99. The van der Waals surface area contributed by atoms with Gasteiger partial charge in [0.05, 0.1) is 0 Å². The molecule has 2 aromatic carbocycles. The Morgan fingerprint density at radius 1 is 0.850 bits per heavy atom. The van der Waals surface area contributed by atoms with Crippen LogP contribution in [0, 0.1) is 5.82 Å². The van der Waals surface area contributed by atoms with Crippen molar-refractivity contribution in [3.63, 3.8) is 0 Å². The van der Waals surface area contributed by atoms with Crippen LogP contribution >= 0.6 is 0 Å². The van der Waals surface area contributed by atoms with E-state index in [1.165, 1.54) is 17.7 Å². The van der Waals surface area contributed by atoms with Crippen LogP contribution in [0.25, 0.3) is 0 Å². The topological polar surface area (TPSA) is 29.3 Å². The van der Waals surface area contributed by atoms with Crippen LogP contribution in [0.2, 0.25) is 0 Å². The molecule has 0 fully saturated rings. The van der Waals surface area contributed by atoms with Crippen LogP contribution in [0.3, 0.4) is 0 Å². The number of hydrogen-bond donors (Lipinski definition) is 1. The molecule has 106 valence electrons. The van der Waals surface area contributed by atoms with E-state index in [9.17, 15) is 4.39 Å². The van der Waals surface area contributed by atoms with Crippen LogP contribution in [0.5, 0.6) is 0 Å². The summed E-state index contributed by atoms with van der Waals surface area (Å²) in [4.78, 5) is 2.34. The van der Waals surface area contributed by atoms with E-state index < -0.39 is 0 Å². The van der Waals surface area contributed by atoms with Gasteiger partial charge >= 0.3 is 0 Å². The third kappa shape index (κ3) is 4.76. The zero-order valence-corrected chi connectivity index (χ0v) is 11.6. The van der Waals surface area contributed by atoms with Crippen molar-refractivity contribution in [3.05, 3.63) is 71.5 Å². The Kier molecular flexibility index (Phi) is 5.71. The Balaban J connectivity index is 2.01. The minimum absolute atomic E-state index is 0.190. The molecule has 2 rings (SSSR count). The van der Waals surface area contributed by atoms with Crippen LogP contribution < -0.4 is 5.73 Å². The van der Waals surface area contributed by atoms with Gasteiger partial charge in [-0.25, -0.2) is 4.39 Å². The summed E-state index contributed by atoms with van der Waals surface area (Å²) in [5, 5.41) is 0. The first kappa shape index (κ1) is 14.7. The summed E-state index contributed by atoms with van der Waals surface area (Å²) in [6.45, 7) is 3.34. The zero-order chi connectivity index (χ0) is 14.2. The van der Waals surface area contributed by atoms with E-state index in [1.807, 2.05) is 30.3 Å². The standard InChI is InChI=1S/C17H21FN2/c18-17-9-7-16(8-10-17)14-20(12-4-11-19)13-15-5-2-1-3-6-15/h1-3,5-10H,4,11-14,19H2. The van der Waals surface area contributed by atoms with Gasteiger partial charge in [0.2, 0.25) is 0 Å². The molecule has 0 aliphatic carbocycles. The average molecular weight is 272 g/mol. The fraction of sp³-hybridized carbons (Fsp3) is 0.294. The predicted molar refractivity (Wildman–Crippen MR) is 80.6 cm³/mol. The minimum atomic E-state index is -0.190. The fourth-order valence-corrected chi connectivity index (χ4v) is 2.22. The lowest BCUT2D eigenvalue weighted by Crippen LogP contribution is -2.25. The number of nitrogens with two attached hydrogens (primary N) is 1. The maximum atomic E-state index is 12.9. The zero-order valence-electron chi connectivity index (χ0n) is 11.6. The number of hydrogen-bond acceptors (Lipinski definition) is 2. The summed E-state index contributed by atoms with van der Waals surface area (Å²) in [5.41, 5.74) is 8.02. The molecule has 0 aliphatic heterocycles. The van der Waals surface area contributed by atoms with Gasteiger partial charge in [0, 0.05) is 19.6 Å². The maximum absolute atomic E-state index is 12.9. The van der Waals surface area contributed by atoms with Gasteiger partial charge in [-0.05, 0) is 36.2 Å². The lowest BCUT2D eigenvalue weighted by Gasteiger charge is -2.22. The summed E-state index contributed by atoms with van der Waals surface area (Å²) in [5.74, 6) is -0.190. The molecule has 0 heterocycles. The molecule has 0 aliphatic rings. The van der Waals surface area contributed by atoms with Crippen LogP contribution in [0.15, 0.2) is 54.6 Å². The molecule has 0 radical (unpaired) electrons. The molecule has 0 saturated heterocycles. The Bertz CT molecular complexity index is 496. The summed E-state index contributed by atoms with van der Waals surface area (Å²) in [7, 11) is 0. The van der Waals surface area contributed by atoms with Crippen molar-refractivity contribution in [2.24, 2.45) is 5.73 Å². The normalized spacial score (nSPS) is 10.9. The fourth-order valence-electron chi connectivity index (χ4n) is 2.22. The van der Waals surface area contributed by atoms with Gasteiger partial charge in [0.1, 0.15) is 5.82 Å². The van der Waals surface area contributed by atoms with Crippen molar-refractivity contribution in [1.29, 1.82) is 0 Å². The monoisotopic (exact) mass is 272 g/mol. The van der Waals surface area contributed by atoms with Crippen molar-refractivity contribution in [3.8, 4) is 0 Å². The van der Waals surface area contributed by atoms with Gasteiger partial charge in [0.25, 0.3) is 0 Å². The molecule has 0 spiro atoms. The van der Waals surface area contributed by atoms with E-state index in [0.717, 1.165) is 31.6 Å². The number of nitrogens with zero attached hydrogens (tertiary/aromatic N) is 1. The van der Waals surface area contributed by atoms with Gasteiger partial charge in [-0.1, -0.05) is 42.5 Å². The Morgan fingerprint density at radius 2 is 1.45 bits per heavy atom. The molecule has 0 unspecified atom stereocenters. The average Bonchev–Trinajstić information content (AvgIpc) is 2.48. The van der Waals surface area contributed by atoms with Crippen molar-refractivity contribution < 1.29 is 4.39 Å². The minimum Gasteiger partial charge on any atom is -0.330 e. The lowest BCUT2D eigenvalue weighted by molar-refractivity contribution is 0.255. The van der Waals surface area contributed by atoms with Gasteiger partial charge in [0.15, 0.2) is 0 Å². The van der Waals surface area contributed by atoms with Gasteiger partial charge in [-0.2, -0.15) is 0 Å². The van der Waals surface area contributed by atoms with Crippen LogP contribution in [-0.4, -0.2) is 18.0 Å². The van der Waals surface area contributed by atoms with Crippen molar-refractivity contribution in [2.75, 3.05) is 13.1 Å². The summed E-state index contributed by atoms with van der Waals surface area (Å²) < 4.78 is 12.9. The Hall–Kier alpha value is -1.71. The van der Waals surface area contributed by atoms with Gasteiger partial charge < -0.3 is 5.73 Å². The van der Waals surface area contributed by atoms with E-state index in [2.05, 4.69) is 17.0 Å². The highest BCUT2D eigenvalue weighted by atomic mass is 19.1. The maximum Gasteiger partial charge on any atom is 0.123 e. The summed E-state index contributed by atoms with van der Waals surface area (Å²) in [6, 6.07) is 17.1. The smallest absolute Gasteiger partial charge is 0.123 e. The molecule has 20 heavy (non-hydrogen) atoms. The molecule has 2 aromatic rings. The summed E-state index contributed by atoms with van der Waals surface area (Å²) in [6.07, 6.45) is 0.966. The molecule has 0 amide bonds. The highest BCUT2D eigenvalue weighted by molar-refractivity contribution is 5.17. The molecule has 0 atom stereocenters. The van der Waals surface area contributed by atoms with Crippen LogP contribution in [0.1, 0.15) is 17.5 Å².